The molecular formula is C19H13FN2O. The maximum absolute atomic E-state index is 13.7. The molecule has 0 aliphatic heterocycles. The maximum Gasteiger partial charge on any atom is 0.213 e. The number of benzene rings is 2. The summed E-state index contributed by atoms with van der Waals surface area (Å²) in [4.78, 5) is 4.23. The molecule has 0 saturated carbocycles. The molecule has 0 amide bonds. The van der Waals surface area contributed by atoms with Crippen LogP contribution in [0.2, 0.25) is 0 Å². The molecule has 1 aromatic heterocycles. The highest BCUT2D eigenvalue weighted by Crippen LogP contribution is 2.22. The molecular weight excluding hydrogens is 291 g/mol. The van der Waals surface area contributed by atoms with Crippen molar-refractivity contribution < 1.29 is 9.13 Å². The summed E-state index contributed by atoms with van der Waals surface area (Å²) in [6, 6.07) is 19.7. The fourth-order valence-electron chi connectivity index (χ4n) is 2.15. The molecule has 0 aliphatic carbocycles. The molecule has 0 unspecified atom stereocenters. The summed E-state index contributed by atoms with van der Waals surface area (Å²) in [5, 5.41) is 8.75. The van der Waals surface area contributed by atoms with Crippen LogP contribution in [-0.2, 0) is 6.61 Å². The molecule has 0 atom stereocenters. The van der Waals surface area contributed by atoms with E-state index in [2.05, 4.69) is 4.98 Å². The van der Waals surface area contributed by atoms with Crippen LogP contribution in [-0.4, -0.2) is 4.98 Å². The number of halogens is 1. The van der Waals surface area contributed by atoms with Crippen LogP contribution in [0.3, 0.4) is 0 Å². The monoisotopic (exact) mass is 304 g/mol. The van der Waals surface area contributed by atoms with Crippen LogP contribution in [0.25, 0.3) is 11.1 Å². The van der Waals surface area contributed by atoms with Crippen LogP contribution in [0.15, 0.2) is 66.9 Å². The summed E-state index contributed by atoms with van der Waals surface area (Å²) in [5.41, 5.74) is 2.53. The third-order valence-corrected chi connectivity index (χ3v) is 3.39. The number of pyridine rings is 1. The van der Waals surface area contributed by atoms with Crippen LogP contribution in [0.4, 0.5) is 4.39 Å². The van der Waals surface area contributed by atoms with Gasteiger partial charge in [-0.15, -0.1) is 0 Å². The van der Waals surface area contributed by atoms with Gasteiger partial charge in [0.1, 0.15) is 18.5 Å². The van der Waals surface area contributed by atoms with Crippen LogP contribution >= 0.6 is 0 Å². The lowest BCUT2D eigenvalue weighted by Gasteiger charge is -2.07. The van der Waals surface area contributed by atoms with E-state index in [1.807, 2.05) is 36.4 Å². The number of ether oxygens (including phenoxy) is 1. The van der Waals surface area contributed by atoms with Gasteiger partial charge < -0.3 is 4.74 Å². The third kappa shape index (κ3) is 3.53. The minimum atomic E-state index is -0.533. The van der Waals surface area contributed by atoms with Crippen molar-refractivity contribution in [2.45, 2.75) is 6.61 Å². The van der Waals surface area contributed by atoms with Crippen molar-refractivity contribution in [2.75, 3.05) is 0 Å². The normalized spacial score (nSPS) is 10.1. The van der Waals surface area contributed by atoms with Gasteiger partial charge in [-0.1, -0.05) is 36.4 Å². The van der Waals surface area contributed by atoms with E-state index in [0.717, 1.165) is 11.1 Å². The zero-order valence-electron chi connectivity index (χ0n) is 12.2. The largest absolute Gasteiger partial charge is 0.473 e. The van der Waals surface area contributed by atoms with Crippen molar-refractivity contribution in [2.24, 2.45) is 0 Å². The minimum Gasteiger partial charge on any atom is -0.473 e. The topological polar surface area (TPSA) is 45.9 Å². The molecule has 0 radical (unpaired) electrons. The van der Waals surface area contributed by atoms with E-state index in [-0.39, 0.29) is 5.56 Å². The minimum absolute atomic E-state index is 0.0320. The molecule has 2 aromatic carbocycles. The number of rotatable bonds is 4. The van der Waals surface area contributed by atoms with Crippen LogP contribution in [0.1, 0.15) is 11.1 Å². The SMILES string of the molecule is N#Cc1ccc(-c2ccc(OCc3ccccc3)nc2)cc1F. The molecule has 3 aromatic rings. The molecule has 0 aliphatic rings. The first kappa shape index (κ1) is 14.7. The second kappa shape index (κ2) is 6.71. The Balaban J connectivity index is 1.72. The van der Waals surface area contributed by atoms with Gasteiger partial charge in [-0.3, -0.25) is 0 Å². The average molecular weight is 304 g/mol. The highest BCUT2D eigenvalue weighted by molar-refractivity contribution is 5.63. The van der Waals surface area contributed by atoms with E-state index in [9.17, 15) is 4.39 Å². The summed E-state index contributed by atoms with van der Waals surface area (Å²) in [6.45, 7) is 0.443. The first-order valence-electron chi connectivity index (χ1n) is 7.09. The summed E-state index contributed by atoms with van der Waals surface area (Å²) in [6.07, 6.45) is 1.63. The Kier molecular flexibility index (Phi) is 4.30. The Morgan fingerprint density at radius 3 is 2.43 bits per heavy atom. The average Bonchev–Trinajstić information content (AvgIpc) is 2.61. The first-order valence-corrected chi connectivity index (χ1v) is 7.09. The molecule has 0 spiro atoms. The van der Waals surface area contributed by atoms with E-state index in [1.165, 1.54) is 12.1 Å². The van der Waals surface area contributed by atoms with E-state index in [1.54, 1.807) is 24.4 Å². The summed E-state index contributed by atoms with van der Waals surface area (Å²) < 4.78 is 19.3. The van der Waals surface area contributed by atoms with E-state index in [0.29, 0.717) is 18.1 Å². The van der Waals surface area contributed by atoms with Gasteiger partial charge >= 0.3 is 0 Å². The predicted molar refractivity (Wildman–Crippen MR) is 85.1 cm³/mol. The Bertz CT molecular complexity index is 839. The van der Waals surface area contributed by atoms with Gasteiger partial charge in [0.25, 0.3) is 0 Å². The number of nitrogens with zero attached hydrogens (tertiary/aromatic N) is 2. The van der Waals surface area contributed by atoms with Gasteiger partial charge in [-0.2, -0.15) is 5.26 Å². The molecule has 4 heteroatoms. The van der Waals surface area contributed by atoms with Crippen molar-refractivity contribution in [1.82, 2.24) is 4.98 Å². The quantitative estimate of drug-likeness (QED) is 0.720. The van der Waals surface area contributed by atoms with Gasteiger partial charge in [0, 0.05) is 17.8 Å². The molecule has 1 heterocycles. The second-order valence-corrected chi connectivity index (χ2v) is 4.97. The molecule has 0 fully saturated rings. The molecule has 3 nitrogen and oxygen atoms in total. The zero-order chi connectivity index (χ0) is 16.1. The Morgan fingerprint density at radius 1 is 1.00 bits per heavy atom. The van der Waals surface area contributed by atoms with Crippen molar-refractivity contribution >= 4 is 0 Å². The fourth-order valence-corrected chi connectivity index (χ4v) is 2.15. The first-order chi connectivity index (χ1) is 11.3. The van der Waals surface area contributed by atoms with Gasteiger partial charge in [0.15, 0.2) is 0 Å². The van der Waals surface area contributed by atoms with Crippen LogP contribution in [0.5, 0.6) is 5.88 Å². The Hall–Kier alpha value is -3.19. The highest BCUT2D eigenvalue weighted by atomic mass is 19.1. The van der Waals surface area contributed by atoms with Crippen LogP contribution in [0, 0.1) is 17.1 Å². The number of aromatic nitrogens is 1. The predicted octanol–water partition coefficient (Wildman–Crippen LogP) is 4.34. The highest BCUT2D eigenvalue weighted by Gasteiger charge is 2.05. The smallest absolute Gasteiger partial charge is 0.213 e. The molecule has 0 N–H and O–H groups in total. The second-order valence-electron chi connectivity index (χ2n) is 4.97. The van der Waals surface area contributed by atoms with Gasteiger partial charge in [0.2, 0.25) is 5.88 Å². The number of hydrogen-bond acceptors (Lipinski definition) is 3. The molecule has 23 heavy (non-hydrogen) atoms. The zero-order valence-corrected chi connectivity index (χ0v) is 12.2. The Labute approximate surface area is 133 Å². The van der Waals surface area contributed by atoms with Crippen molar-refractivity contribution in [3.05, 3.63) is 83.8 Å². The van der Waals surface area contributed by atoms with E-state index in [4.69, 9.17) is 10.00 Å². The Morgan fingerprint density at radius 2 is 1.78 bits per heavy atom. The lowest BCUT2D eigenvalue weighted by Crippen LogP contribution is -1.96. The molecule has 3 rings (SSSR count). The van der Waals surface area contributed by atoms with Crippen molar-refractivity contribution in [3.63, 3.8) is 0 Å². The van der Waals surface area contributed by atoms with Crippen molar-refractivity contribution in [3.8, 4) is 23.1 Å². The molecule has 0 bridgehead atoms. The summed E-state index contributed by atoms with van der Waals surface area (Å²) in [7, 11) is 0. The van der Waals surface area contributed by atoms with E-state index >= 15 is 0 Å². The van der Waals surface area contributed by atoms with Crippen LogP contribution < -0.4 is 4.74 Å². The summed E-state index contributed by atoms with van der Waals surface area (Å²) >= 11 is 0. The van der Waals surface area contributed by atoms with Gasteiger partial charge in [-0.05, 0) is 29.3 Å². The maximum atomic E-state index is 13.7. The molecule has 0 saturated heterocycles. The number of nitriles is 1. The van der Waals surface area contributed by atoms with Crippen molar-refractivity contribution in [1.29, 1.82) is 5.26 Å². The third-order valence-electron chi connectivity index (χ3n) is 3.39. The fraction of sp³-hybridized carbons (Fsp3) is 0.0526. The lowest BCUT2D eigenvalue weighted by molar-refractivity contribution is 0.294. The van der Waals surface area contributed by atoms with Gasteiger partial charge in [0.05, 0.1) is 5.56 Å². The standard InChI is InChI=1S/C19H13FN2O/c20-18-10-15(6-7-16(18)11-21)17-8-9-19(22-12-17)23-13-14-4-2-1-3-5-14/h1-10,12H,13H2. The van der Waals surface area contributed by atoms with Gasteiger partial charge in [-0.25, -0.2) is 9.37 Å². The number of hydrogen-bond donors (Lipinski definition) is 0. The van der Waals surface area contributed by atoms with E-state index < -0.39 is 5.82 Å². The lowest BCUT2D eigenvalue weighted by atomic mass is 10.1. The summed E-state index contributed by atoms with van der Waals surface area (Å²) in [5.74, 6) is -0.0267. The molecule has 112 valence electrons.